The fourth-order valence-electron chi connectivity index (χ4n) is 5.00. The molecule has 0 radical (unpaired) electrons. The van der Waals surface area contributed by atoms with Crippen LogP contribution in [0.2, 0.25) is 0 Å². The monoisotopic (exact) mass is 470 g/mol. The van der Waals surface area contributed by atoms with E-state index in [0.29, 0.717) is 12.4 Å². The molecular weight excluding hydrogens is 440 g/mol. The lowest BCUT2D eigenvalue weighted by Crippen LogP contribution is -2.55. The standard InChI is InChI=1S/C27H30N6O2/c1-32-13-8-25(34)21-14-20(5-6-23(21)32)17-31-22-4-3-12-33(26-18-28-10-11-29-26)24(22)15-19-7-9-30-27(16-19)35-2/h5-11,13-14,16,18,22,24,31H,3-4,12,15,17H2,1-2H3. The fourth-order valence-corrected chi connectivity index (χ4v) is 5.00. The number of ether oxygens (including phenoxy) is 1. The maximum Gasteiger partial charge on any atom is 0.213 e. The predicted octanol–water partition coefficient (Wildman–Crippen LogP) is 3.10. The molecule has 4 aromatic rings. The summed E-state index contributed by atoms with van der Waals surface area (Å²) < 4.78 is 7.33. The number of piperidine rings is 1. The SMILES string of the molecule is COc1cc(CC2C(NCc3ccc4c(c3)c(=O)ccn4C)CCCN2c2cnccn2)ccn1. The van der Waals surface area contributed by atoms with Gasteiger partial charge in [0.05, 0.1) is 18.8 Å². The first kappa shape index (κ1) is 23.0. The molecule has 1 aliphatic rings. The van der Waals surface area contributed by atoms with Crippen molar-refractivity contribution < 1.29 is 4.74 Å². The maximum atomic E-state index is 12.4. The van der Waals surface area contributed by atoms with Gasteiger partial charge in [0.15, 0.2) is 5.43 Å². The van der Waals surface area contributed by atoms with Crippen LogP contribution in [0.1, 0.15) is 24.0 Å². The number of aryl methyl sites for hydroxylation is 1. The van der Waals surface area contributed by atoms with Gasteiger partial charge in [-0.1, -0.05) is 6.07 Å². The molecule has 3 aromatic heterocycles. The molecule has 1 N–H and O–H groups in total. The number of hydrogen-bond acceptors (Lipinski definition) is 7. The molecule has 1 fully saturated rings. The molecule has 0 aliphatic carbocycles. The van der Waals surface area contributed by atoms with Gasteiger partial charge in [0.25, 0.3) is 0 Å². The van der Waals surface area contributed by atoms with E-state index in [9.17, 15) is 4.79 Å². The number of rotatable bonds is 7. The van der Waals surface area contributed by atoms with E-state index in [1.54, 1.807) is 31.8 Å². The largest absolute Gasteiger partial charge is 0.481 e. The third kappa shape index (κ3) is 5.02. The summed E-state index contributed by atoms with van der Waals surface area (Å²) in [6.45, 7) is 1.61. The molecule has 8 heteroatoms. The number of benzene rings is 1. The van der Waals surface area contributed by atoms with Gasteiger partial charge < -0.3 is 19.5 Å². The average Bonchev–Trinajstić information content (AvgIpc) is 2.91. The summed E-state index contributed by atoms with van der Waals surface area (Å²) in [5.41, 5.74) is 3.26. The van der Waals surface area contributed by atoms with Gasteiger partial charge in [0.1, 0.15) is 5.82 Å². The molecule has 0 spiro atoms. The van der Waals surface area contributed by atoms with Crippen LogP contribution in [-0.2, 0) is 20.0 Å². The molecule has 1 aliphatic heterocycles. The van der Waals surface area contributed by atoms with Crippen LogP contribution in [0.25, 0.3) is 10.9 Å². The second-order valence-electron chi connectivity index (χ2n) is 9.01. The van der Waals surface area contributed by atoms with Crippen molar-refractivity contribution in [1.29, 1.82) is 0 Å². The van der Waals surface area contributed by atoms with Gasteiger partial charge in [-0.25, -0.2) is 9.97 Å². The Morgan fingerprint density at radius 1 is 1.09 bits per heavy atom. The van der Waals surface area contributed by atoms with E-state index in [2.05, 4.69) is 31.2 Å². The van der Waals surface area contributed by atoms with Crippen molar-refractivity contribution in [2.75, 3.05) is 18.6 Å². The number of methoxy groups -OCH3 is 1. The molecule has 2 unspecified atom stereocenters. The van der Waals surface area contributed by atoms with E-state index in [1.807, 2.05) is 48.3 Å². The van der Waals surface area contributed by atoms with Gasteiger partial charge in [-0.15, -0.1) is 0 Å². The first-order chi connectivity index (χ1) is 17.1. The molecule has 0 bridgehead atoms. The van der Waals surface area contributed by atoms with Crippen LogP contribution in [0.4, 0.5) is 5.82 Å². The lowest BCUT2D eigenvalue weighted by atomic mass is 9.90. The Labute approximate surface area is 204 Å². The fraction of sp³-hybridized carbons (Fsp3) is 0.333. The average molecular weight is 471 g/mol. The Bertz CT molecular complexity index is 1360. The molecule has 5 rings (SSSR count). The summed E-state index contributed by atoms with van der Waals surface area (Å²) in [4.78, 5) is 27.9. The maximum absolute atomic E-state index is 12.4. The van der Waals surface area contributed by atoms with Crippen molar-refractivity contribution >= 4 is 16.7 Å². The Hall–Kier alpha value is -3.78. The normalized spacial score (nSPS) is 18.1. The van der Waals surface area contributed by atoms with Gasteiger partial charge in [0.2, 0.25) is 5.88 Å². The summed E-state index contributed by atoms with van der Waals surface area (Å²) in [6.07, 6.45) is 11.8. The van der Waals surface area contributed by atoms with Crippen LogP contribution in [0.15, 0.2) is 72.2 Å². The molecule has 0 saturated carbocycles. The predicted molar refractivity (Wildman–Crippen MR) is 137 cm³/mol. The summed E-state index contributed by atoms with van der Waals surface area (Å²) in [6, 6.07) is 12.2. The van der Waals surface area contributed by atoms with Crippen LogP contribution in [0.3, 0.4) is 0 Å². The summed E-state index contributed by atoms with van der Waals surface area (Å²) in [5, 5.41) is 4.54. The second kappa shape index (κ2) is 10.2. The van der Waals surface area contributed by atoms with Crippen LogP contribution >= 0.6 is 0 Å². The van der Waals surface area contributed by atoms with E-state index in [0.717, 1.165) is 48.1 Å². The van der Waals surface area contributed by atoms with Gasteiger partial charge in [-0.05, 0) is 48.6 Å². The number of nitrogens with zero attached hydrogens (tertiary/aromatic N) is 5. The first-order valence-electron chi connectivity index (χ1n) is 12.0. The van der Waals surface area contributed by atoms with E-state index in [1.165, 1.54) is 5.56 Å². The first-order valence-corrected chi connectivity index (χ1v) is 12.0. The highest BCUT2D eigenvalue weighted by atomic mass is 16.5. The zero-order chi connectivity index (χ0) is 24.2. The molecule has 4 heterocycles. The quantitative estimate of drug-likeness (QED) is 0.444. The third-order valence-electron chi connectivity index (χ3n) is 6.80. The lowest BCUT2D eigenvalue weighted by Gasteiger charge is -2.42. The van der Waals surface area contributed by atoms with Crippen LogP contribution < -0.4 is 20.4 Å². The van der Waals surface area contributed by atoms with E-state index < -0.39 is 0 Å². The van der Waals surface area contributed by atoms with Crippen molar-refractivity contribution in [2.24, 2.45) is 7.05 Å². The molecule has 2 atom stereocenters. The Kier molecular flexibility index (Phi) is 6.72. The van der Waals surface area contributed by atoms with Crippen molar-refractivity contribution in [3.8, 4) is 5.88 Å². The number of hydrogen-bond donors (Lipinski definition) is 1. The van der Waals surface area contributed by atoms with Crippen molar-refractivity contribution in [2.45, 2.75) is 37.9 Å². The van der Waals surface area contributed by atoms with Crippen molar-refractivity contribution in [3.05, 3.63) is 88.7 Å². The minimum Gasteiger partial charge on any atom is -0.481 e. The van der Waals surface area contributed by atoms with Crippen molar-refractivity contribution in [3.63, 3.8) is 0 Å². The Morgan fingerprint density at radius 3 is 2.83 bits per heavy atom. The molecular formula is C27H30N6O2. The molecule has 0 amide bonds. The van der Waals surface area contributed by atoms with Gasteiger partial charge >= 0.3 is 0 Å². The molecule has 1 saturated heterocycles. The number of pyridine rings is 2. The molecule has 1 aromatic carbocycles. The number of fused-ring (bicyclic) bond motifs is 1. The summed E-state index contributed by atoms with van der Waals surface area (Å²) in [5.74, 6) is 1.51. The van der Waals surface area contributed by atoms with Crippen molar-refractivity contribution in [1.82, 2.24) is 24.8 Å². The van der Waals surface area contributed by atoms with E-state index >= 15 is 0 Å². The Balaban J connectivity index is 1.41. The number of aromatic nitrogens is 4. The van der Waals surface area contributed by atoms with Gasteiger partial charge in [0, 0.05) is 74.5 Å². The van der Waals surface area contributed by atoms with E-state index in [-0.39, 0.29) is 17.5 Å². The summed E-state index contributed by atoms with van der Waals surface area (Å²) >= 11 is 0. The third-order valence-corrected chi connectivity index (χ3v) is 6.80. The van der Waals surface area contributed by atoms with Crippen LogP contribution in [-0.4, -0.2) is 45.3 Å². The minimum atomic E-state index is 0.0518. The second-order valence-corrected chi connectivity index (χ2v) is 9.01. The highest BCUT2D eigenvalue weighted by Gasteiger charge is 2.32. The zero-order valence-electron chi connectivity index (χ0n) is 20.1. The van der Waals surface area contributed by atoms with Crippen LogP contribution in [0.5, 0.6) is 5.88 Å². The highest BCUT2D eigenvalue weighted by Crippen LogP contribution is 2.27. The van der Waals surface area contributed by atoms with Gasteiger partial charge in [-0.3, -0.25) is 9.78 Å². The number of nitrogens with one attached hydrogen (secondary N) is 1. The van der Waals surface area contributed by atoms with Gasteiger partial charge in [-0.2, -0.15) is 0 Å². The Morgan fingerprint density at radius 2 is 2.00 bits per heavy atom. The minimum absolute atomic E-state index is 0.0518. The molecule has 180 valence electrons. The number of anilines is 1. The highest BCUT2D eigenvalue weighted by molar-refractivity contribution is 5.79. The molecule has 35 heavy (non-hydrogen) atoms. The molecule has 8 nitrogen and oxygen atoms in total. The lowest BCUT2D eigenvalue weighted by molar-refractivity contribution is 0.334. The van der Waals surface area contributed by atoms with E-state index in [4.69, 9.17) is 4.74 Å². The smallest absolute Gasteiger partial charge is 0.213 e. The summed E-state index contributed by atoms with van der Waals surface area (Å²) in [7, 11) is 3.60. The van der Waals surface area contributed by atoms with Crippen LogP contribution in [0, 0.1) is 0 Å². The zero-order valence-corrected chi connectivity index (χ0v) is 20.1. The topological polar surface area (TPSA) is 85.2 Å².